The summed E-state index contributed by atoms with van der Waals surface area (Å²) in [6.45, 7) is 4.79. The van der Waals surface area contributed by atoms with Gasteiger partial charge in [-0.25, -0.2) is 9.97 Å². The van der Waals surface area contributed by atoms with E-state index in [1.54, 1.807) is 6.20 Å². The number of nitrogens with zero attached hydrogens (tertiary/aromatic N) is 4. The van der Waals surface area contributed by atoms with Crippen molar-refractivity contribution in [1.82, 2.24) is 30.2 Å². The van der Waals surface area contributed by atoms with Crippen molar-refractivity contribution in [2.75, 3.05) is 39.4 Å². The van der Waals surface area contributed by atoms with Gasteiger partial charge in [0.05, 0.1) is 25.1 Å². The lowest BCUT2D eigenvalue weighted by molar-refractivity contribution is 0.0383. The van der Waals surface area contributed by atoms with E-state index in [1.165, 1.54) is 0 Å². The summed E-state index contributed by atoms with van der Waals surface area (Å²) in [5.74, 6) is -0.0774. The first kappa shape index (κ1) is 22.3. The van der Waals surface area contributed by atoms with Gasteiger partial charge in [0, 0.05) is 60.8 Å². The van der Waals surface area contributed by atoms with Crippen molar-refractivity contribution in [1.29, 1.82) is 0 Å². The third-order valence-corrected chi connectivity index (χ3v) is 6.55. The minimum Gasteiger partial charge on any atom is -0.379 e. The van der Waals surface area contributed by atoms with Crippen molar-refractivity contribution in [2.45, 2.75) is 0 Å². The minimum atomic E-state index is -0.0774. The van der Waals surface area contributed by atoms with E-state index >= 15 is 0 Å². The predicted molar refractivity (Wildman–Crippen MR) is 140 cm³/mol. The number of fused-ring (bicyclic) bond motifs is 2. The summed E-state index contributed by atoms with van der Waals surface area (Å²) in [5, 5.41) is 4.15. The van der Waals surface area contributed by atoms with Gasteiger partial charge in [-0.1, -0.05) is 18.2 Å². The van der Waals surface area contributed by atoms with E-state index in [4.69, 9.17) is 9.72 Å². The Balaban J connectivity index is 1.14. The summed E-state index contributed by atoms with van der Waals surface area (Å²) in [6.07, 6.45) is 5.52. The molecular formula is C28H26N6O2. The first-order chi connectivity index (χ1) is 17.7. The topological polar surface area (TPSA) is 96.0 Å². The first-order valence-electron chi connectivity index (χ1n) is 12.1. The second kappa shape index (κ2) is 9.85. The maximum atomic E-state index is 12.5. The Bertz CT molecular complexity index is 1520. The van der Waals surface area contributed by atoms with Gasteiger partial charge in [-0.3, -0.25) is 14.7 Å². The lowest BCUT2D eigenvalue weighted by Crippen LogP contribution is -2.41. The highest BCUT2D eigenvalue weighted by Gasteiger charge is 2.12. The molecule has 8 nitrogen and oxygen atoms in total. The highest BCUT2D eigenvalue weighted by atomic mass is 16.5. The number of hydrogen-bond acceptors (Lipinski definition) is 6. The molecule has 1 saturated heterocycles. The molecule has 0 radical (unpaired) electrons. The van der Waals surface area contributed by atoms with E-state index in [1.807, 2.05) is 42.7 Å². The van der Waals surface area contributed by atoms with E-state index in [2.05, 4.69) is 49.4 Å². The zero-order valence-electron chi connectivity index (χ0n) is 19.8. The fourth-order valence-corrected chi connectivity index (χ4v) is 4.48. The molecule has 5 aromatic rings. The quantitative estimate of drug-likeness (QED) is 0.384. The Morgan fingerprint density at radius 3 is 2.64 bits per heavy atom. The highest BCUT2D eigenvalue weighted by Crippen LogP contribution is 2.26. The van der Waals surface area contributed by atoms with E-state index in [-0.39, 0.29) is 5.91 Å². The van der Waals surface area contributed by atoms with E-state index in [9.17, 15) is 4.79 Å². The van der Waals surface area contributed by atoms with E-state index < -0.39 is 0 Å². The van der Waals surface area contributed by atoms with Gasteiger partial charge in [0.25, 0.3) is 5.91 Å². The molecule has 36 heavy (non-hydrogen) atoms. The van der Waals surface area contributed by atoms with Gasteiger partial charge in [-0.2, -0.15) is 0 Å². The van der Waals surface area contributed by atoms with Crippen LogP contribution in [0.15, 0.2) is 73.2 Å². The van der Waals surface area contributed by atoms with Crippen LogP contribution in [0.25, 0.3) is 44.5 Å². The summed E-state index contributed by atoms with van der Waals surface area (Å²) in [5.41, 5.74) is 6.74. The zero-order chi connectivity index (χ0) is 24.3. The Morgan fingerprint density at radius 2 is 1.78 bits per heavy atom. The zero-order valence-corrected chi connectivity index (χ0v) is 19.8. The molecule has 0 unspecified atom stereocenters. The second-order valence-electron chi connectivity index (χ2n) is 8.89. The second-order valence-corrected chi connectivity index (χ2v) is 8.89. The maximum absolute atomic E-state index is 12.5. The molecule has 3 aromatic heterocycles. The summed E-state index contributed by atoms with van der Waals surface area (Å²) >= 11 is 0. The molecule has 180 valence electrons. The van der Waals surface area contributed by atoms with Crippen LogP contribution in [0.3, 0.4) is 0 Å². The molecule has 0 saturated carbocycles. The fraction of sp³-hybridized carbons (Fsp3) is 0.214. The van der Waals surface area contributed by atoms with Crippen LogP contribution in [0.4, 0.5) is 0 Å². The first-order valence-corrected chi connectivity index (χ1v) is 12.1. The van der Waals surface area contributed by atoms with Gasteiger partial charge in [0.15, 0.2) is 5.65 Å². The van der Waals surface area contributed by atoms with Crippen LogP contribution in [-0.2, 0) is 4.74 Å². The van der Waals surface area contributed by atoms with Crippen LogP contribution in [-0.4, -0.2) is 70.1 Å². The van der Waals surface area contributed by atoms with Crippen molar-refractivity contribution in [3.05, 3.63) is 78.8 Å². The van der Waals surface area contributed by atoms with Gasteiger partial charge in [-0.05, 0) is 47.3 Å². The molecule has 1 aliphatic rings. The number of carbonyl (C=O) groups excluding carboxylic acids is 1. The van der Waals surface area contributed by atoms with Crippen LogP contribution in [0.1, 0.15) is 10.4 Å². The summed E-state index contributed by atoms with van der Waals surface area (Å²) in [6, 6.07) is 17.8. The van der Waals surface area contributed by atoms with Crippen molar-refractivity contribution in [3.8, 4) is 22.4 Å². The van der Waals surface area contributed by atoms with Crippen LogP contribution in [0.2, 0.25) is 0 Å². The monoisotopic (exact) mass is 478 g/mol. The number of aromatic amines is 1. The molecule has 4 heterocycles. The van der Waals surface area contributed by atoms with Crippen molar-refractivity contribution >= 4 is 28.0 Å². The predicted octanol–water partition coefficient (Wildman–Crippen LogP) is 3.90. The number of H-pyrrole nitrogens is 1. The number of carbonyl (C=O) groups is 1. The van der Waals surface area contributed by atoms with Gasteiger partial charge in [-0.15, -0.1) is 0 Å². The summed E-state index contributed by atoms with van der Waals surface area (Å²) in [7, 11) is 0. The summed E-state index contributed by atoms with van der Waals surface area (Å²) < 4.78 is 5.36. The van der Waals surface area contributed by atoms with Gasteiger partial charge in [0.1, 0.15) is 5.52 Å². The third-order valence-electron chi connectivity index (χ3n) is 6.55. The number of hydrogen-bond donors (Lipinski definition) is 2. The lowest BCUT2D eigenvalue weighted by Gasteiger charge is -2.26. The van der Waals surface area contributed by atoms with Crippen LogP contribution >= 0.6 is 0 Å². The molecule has 0 aliphatic carbocycles. The SMILES string of the molecule is O=C(NCCN1CCOCC1)c1ccc(-c2cnc3cc(-c4ccc5[nH]ccc5c4)cnc3n2)cc1. The number of rotatable bonds is 6. The Labute approximate surface area is 208 Å². The van der Waals surface area contributed by atoms with Gasteiger partial charge in [0.2, 0.25) is 0 Å². The molecule has 0 bridgehead atoms. The number of morpholine rings is 1. The number of amides is 1. The van der Waals surface area contributed by atoms with E-state index in [0.29, 0.717) is 17.8 Å². The van der Waals surface area contributed by atoms with E-state index in [0.717, 1.165) is 71.7 Å². The normalized spacial score (nSPS) is 14.3. The third kappa shape index (κ3) is 4.68. The molecule has 1 amide bonds. The molecule has 8 heteroatoms. The van der Waals surface area contributed by atoms with Crippen LogP contribution < -0.4 is 5.32 Å². The smallest absolute Gasteiger partial charge is 0.251 e. The molecule has 1 aliphatic heterocycles. The van der Waals surface area contributed by atoms with Crippen LogP contribution in [0.5, 0.6) is 0 Å². The molecule has 2 aromatic carbocycles. The molecular weight excluding hydrogens is 452 g/mol. The maximum Gasteiger partial charge on any atom is 0.251 e. The highest BCUT2D eigenvalue weighted by molar-refractivity contribution is 5.94. The fourth-order valence-electron chi connectivity index (χ4n) is 4.48. The Kier molecular flexibility index (Phi) is 6.11. The number of ether oxygens (including phenoxy) is 1. The molecule has 6 rings (SSSR count). The standard InChI is InChI=1S/C28H26N6O2/c35-28(30-9-10-34-11-13-36-14-12-34)20-3-1-19(2-4-20)26-18-31-25-16-23(17-32-27(25)33-26)21-5-6-24-22(15-21)7-8-29-24/h1-8,15-18,29H,9-14H2,(H,30,35). The van der Waals surface area contributed by atoms with Crippen molar-refractivity contribution in [2.24, 2.45) is 0 Å². The van der Waals surface area contributed by atoms with Gasteiger partial charge >= 0.3 is 0 Å². The molecule has 2 N–H and O–H groups in total. The number of aromatic nitrogens is 4. The van der Waals surface area contributed by atoms with Gasteiger partial charge < -0.3 is 15.0 Å². The Morgan fingerprint density at radius 1 is 0.944 bits per heavy atom. The molecule has 0 atom stereocenters. The average Bonchev–Trinajstić information content (AvgIpc) is 3.41. The lowest BCUT2D eigenvalue weighted by atomic mass is 10.1. The van der Waals surface area contributed by atoms with Crippen LogP contribution in [0, 0.1) is 0 Å². The Hall–Kier alpha value is -4.14. The van der Waals surface area contributed by atoms with Crippen molar-refractivity contribution in [3.63, 3.8) is 0 Å². The number of pyridine rings is 1. The molecule has 1 fully saturated rings. The minimum absolute atomic E-state index is 0.0774. The number of benzene rings is 2. The van der Waals surface area contributed by atoms with Crippen molar-refractivity contribution < 1.29 is 9.53 Å². The average molecular weight is 479 g/mol. The molecule has 0 spiro atoms. The largest absolute Gasteiger partial charge is 0.379 e. The number of nitrogens with one attached hydrogen (secondary N) is 2. The summed E-state index contributed by atoms with van der Waals surface area (Å²) in [4.78, 5) is 31.9.